The molecule has 1 fully saturated rings. The van der Waals surface area contributed by atoms with Gasteiger partial charge in [-0.1, -0.05) is 18.0 Å². The molecule has 0 aliphatic carbocycles. The molecule has 1 aliphatic heterocycles. The molecule has 11 heteroatoms. The standard InChI is InChI=1S/C22H21ClFN3O4S2/c1-14-17(21(23)27(25-14)16-7-5-15(24)6-8-16)13-18(22(28)29)19-9-10-20(32-19)33(30,31)26-11-3-2-4-12-26/h5-10,13H,2-4,11-12H2,1H3,(H,28,29)/b18-13-. The molecule has 0 amide bonds. The van der Waals surface area contributed by atoms with Gasteiger partial charge in [0, 0.05) is 23.5 Å². The summed E-state index contributed by atoms with van der Waals surface area (Å²) >= 11 is 7.40. The van der Waals surface area contributed by atoms with Gasteiger partial charge in [0.25, 0.3) is 10.0 Å². The van der Waals surface area contributed by atoms with E-state index in [0.717, 1.165) is 30.6 Å². The van der Waals surface area contributed by atoms with Crippen LogP contribution in [0.15, 0.2) is 40.6 Å². The summed E-state index contributed by atoms with van der Waals surface area (Å²) in [5.74, 6) is -1.62. The first-order valence-corrected chi connectivity index (χ1v) is 12.9. The average molecular weight is 510 g/mol. The molecule has 0 atom stereocenters. The number of piperidine rings is 1. The Morgan fingerprint density at radius 2 is 1.82 bits per heavy atom. The van der Waals surface area contributed by atoms with Crippen molar-refractivity contribution in [3.05, 3.63) is 63.5 Å². The fourth-order valence-electron chi connectivity index (χ4n) is 3.65. The third-order valence-corrected chi connectivity index (χ3v) is 9.24. The van der Waals surface area contributed by atoms with Crippen molar-refractivity contribution in [1.29, 1.82) is 0 Å². The molecule has 1 saturated heterocycles. The lowest BCUT2D eigenvalue weighted by Gasteiger charge is -2.25. The summed E-state index contributed by atoms with van der Waals surface area (Å²) in [6, 6.07) is 8.51. The maximum absolute atomic E-state index is 13.3. The number of carboxylic acids is 1. The highest BCUT2D eigenvalue weighted by Gasteiger charge is 2.28. The minimum Gasteiger partial charge on any atom is -0.478 e. The van der Waals surface area contributed by atoms with Gasteiger partial charge in [-0.2, -0.15) is 9.40 Å². The van der Waals surface area contributed by atoms with Crippen molar-refractivity contribution in [3.63, 3.8) is 0 Å². The molecule has 1 aliphatic rings. The first-order chi connectivity index (χ1) is 15.7. The number of benzene rings is 1. The van der Waals surface area contributed by atoms with E-state index in [1.165, 1.54) is 51.5 Å². The van der Waals surface area contributed by atoms with Crippen molar-refractivity contribution < 1.29 is 22.7 Å². The molecule has 33 heavy (non-hydrogen) atoms. The highest BCUT2D eigenvalue weighted by Crippen LogP contribution is 2.34. The van der Waals surface area contributed by atoms with Crippen LogP contribution in [0.25, 0.3) is 17.3 Å². The van der Waals surface area contributed by atoms with E-state index in [4.69, 9.17) is 11.6 Å². The summed E-state index contributed by atoms with van der Waals surface area (Å²) in [5, 5.41) is 14.4. The minimum absolute atomic E-state index is 0.0937. The summed E-state index contributed by atoms with van der Waals surface area (Å²) in [5.41, 5.74) is 1.28. The van der Waals surface area contributed by atoms with Crippen LogP contribution < -0.4 is 0 Å². The summed E-state index contributed by atoms with van der Waals surface area (Å²) in [6.45, 7) is 2.61. The zero-order valence-corrected chi connectivity index (χ0v) is 20.1. The Morgan fingerprint density at radius 1 is 1.15 bits per heavy atom. The summed E-state index contributed by atoms with van der Waals surface area (Å²) < 4.78 is 42.1. The van der Waals surface area contributed by atoms with Gasteiger partial charge < -0.3 is 5.11 Å². The van der Waals surface area contributed by atoms with Gasteiger partial charge in [0.15, 0.2) is 0 Å². The number of aromatic nitrogens is 2. The number of thiophene rings is 1. The van der Waals surface area contributed by atoms with Crippen LogP contribution >= 0.6 is 22.9 Å². The Hall–Kier alpha value is -2.53. The molecule has 3 aromatic rings. The van der Waals surface area contributed by atoms with Crippen molar-refractivity contribution in [2.24, 2.45) is 0 Å². The Labute approximate surface area is 199 Å². The zero-order valence-electron chi connectivity index (χ0n) is 17.7. The molecule has 1 aromatic carbocycles. The third-order valence-electron chi connectivity index (χ3n) is 5.39. The number of rotatable bonds is 6. The summed E-state index contributed by atoms with van der Waals surface area (Å²) in [7, 11) is -3.67. The maximum atomic E-state index is 13.3. The highest BCUT2D eigenvalue weighted by atomic mass is 35.5. The van der Waals surface area contributed by atoms with Crippen LogP contribution in [0.2, 0.25) is 5.15 Å². The maximum Gasteiger partial charge on any atom is 0.337 e. The number of aliphatic carboxylic acids is 1. The van der Waals surface area contributed by atoms with Gasteiger partial charge in [0.05, 0.1) is 17.0 Å². The monoisotopic (exact) mass is 509 g/mol. The Kier molecular flexibility index (Phi) is 6.71. The number of hydrogen-bond donors (Lipinski definition) is 1. The lowest BCUT2D eigenvalue weighted by Crippen LogP contribution is -2.35. The zero-order chi connectivity index (χ0) is 23.8. The molecule has 0 radical (unpaired) electrons. The van der Waals surface area contributed by atoms with Crippen LogP contribution in [0.3, 0.4) is 0 Å². The summed E-state index contributed by atoms with van der Waals surface area (Å²) in [6.07, 6.45) is 4.01. The Morgan fingerprint density at radius 3 is 2.45 bits per heavy atom. The van der Waals surface area contributed by atoms with Crippen molar-refractivity contribution in [2.75, 3.05) is 13.1 Å². The van der Waals surface area contributed by atoms with Crippen LogP contribution in [0.4, 0.5) is 4.39 Å². The van der Waals surface area contributed by atoms with Gasteiger partial charge in [-0.3, -0.25) is 0 Å². The molecule has 0 bridgehead atoms. The molecule has 4 rings (SSSR count). The fraction of sp³-hybridized carbons (Fsp3) is 0.273. The van der Waals surface area contributed by atoms with Gasteiger partial charge in [0.1, 0.15) is 15.2 Å². The van der Waals surface area contributed by atoms with E-state index in [2.05, 4.69) is 5.10 Å². The quantitative estimate of drug-likeness (QED) is 0.480. The van der Waals surface area contributed by atoms with E-state index in [1.807, 2.05) is 0 Å². The van der Waals surface area contributed by atoms with Crippen molar-refractivity contribution in [2.45, 2.75) is 30.4 Å². The van der Waals surface area contributed by atoms with E-state index in [9.17, 15) is 22.7 Å². The van der Waals surface area contributed by atoms with Gasteiger partial charge in [-0.15, -0.1) is 11.3 Å². The van der Waals surface area contributed by atoms with E-state index >= 15 is 0 Å². The Bertz CT molecular complexity index is 1320. The van der Waals surface area contributed by atoms with E-state index in [1.54, 1.807) is 6.92 Å². The predicted molar refractivity (Wildman–Crippen MR) is 126 cm³/mol. The second kappa shape index (κ2) is 9.38. The van der Waals surface area contributed by atoms with Crippen molar-refractivity contribution in [3.8, 4) is 5.69 Å². The molecule has 0 spiro atoms. The highest BCUT2D eigenvalue weighted by molar-refractivity contribution is 7.91. The lowest BCUT2D eigenvalue weighted by atomic mass is 10.1. The molecular weight excluding hydrogens is 489 g/mol. The second-order valence-corrected chi connectivity index (χ2v) is 11.2. The van der Waals surface area contributed by atoms with Gasteiger partial charge in [-0.25, -0.2) is 22.3 Å². The van der Waals surface area contributed by atoms with Crippen LogP contribution in [0, 0.1) is 12.7 Å². The van der Waals surface area contributed by atoms with E-state index in [-0.39, 0.29) is 14.9 Å². The topological polar surface area (TPSA) is 92.5 Å². The van der Waals surface area contributed by atoms with E-state index < -0.39 is 21.8 Å². The van der Waals surface area contributed by atoms with Crippen LogP contribution in [0.5, 0.6) is 0 Å². The van der Waals surface area contributed by atoms with Crippen molar-refractivity contribution >= 4 is 50.6 Å². The number of nitrogens with zero attached hydrogens (tertiary/aromatic N) is 3. The first kappa shape index (κ1) is 23.6. The normalized spacial score (nSPS) is 15.7. The minimum atomic E-state index is -3.67. The SMILES string of the molecule is Cc1nn(-c2ccc(F)cc2)c(Cl)c1/C=C(\C(=O)O)c1ccc(S(=O)(=O)N2CCCCC2)s1. The van der Waals surface area contributed by atoms with Gasteiger partial charge in [0.2, 0.25) is 0 Å². The number of carbonyl (C=O) groups is 1. The molecule has 174 valence electrons. The molecular formula is C22H21ClFN3O4S2. The summed E-state index contributed by atoms with van der Waals surface area (Å²) in [4.78, 5) is 12.4. The third kappa shape index (κ3) is 4.74. The molecule has 0 unspecified atom stereocenters. The number of hydrogen-bond acceptors (Lipinski definition) is 5. The lowest BCUT2D eigenvalue weighted by molar-refractivity contribution is -0.130. The number of sulfonamides is 1. The Balaban J connectivity index is 1.71. The number of halogens is 2. The fourth-order valence-corrected chi connectivity index (χ4v) is 6.96. The van der Waals surface area contributed by atoms with Crippen LogP contribution in [0.1, 0.15) is 35.4 Å². The van der Waals surface area contributed by atoms with Crippen LogP contribution in [-0.4, -0.2) is 46.7 Å². The van der Waals surface area contributed by atoms with Gasteiger partial charge in [-0.05, 0) is 62.2 Å². The van der Waals surface area contributed by atoms with E-state index in [0.29, 0.717) is 34.9 Å². The first-order valence-electron chi connectivity index (χ1n) is 10.2. The smallest absolute Gasteiger partial charge is 0.337 e. The van der Waals surface area contributed by atoms with Crippen LogP contribution in [-0.2, 0) is 14.8 Å². The molecule has 3 heterocycles. The van der Waals surface area contributed by atoms with Crippen molar-refractivity contribution in [1.82, 2.24) is 14.1 Å². The largest absolute Gasteiger partial charge is 0.478 e. The number of carboxylic acid groups (broad SMARTS) is 1. The average Bonchev–Trinajstić information content (AvgIpc) is 3.39. The predicted octanol–water partition coefficient (Wildman–Crippen LogP) is 4.83. The molecule has 2 aromatic heterocycles. The number of aryl methyl sites for hydroxylation is 1. The molecule has 1 N–H and O–H groups in total. The molecule has 0 saturated carbocycles. The molecule has 7 nitrogen and oxygen atoms in total. The second-order valence-electron chi connectivity index (χ2n) is 7.62. The van der Waals surface area contributed by atoms with Gasteiger partial charge >= 0.3 is 5.97 Å².